The Kier molecular flexibility index (Phi) is 10.1. The monoisotopic (exact) mass is 519 g/mol. The molecule has 0 aromatic heterocycles. The number of hydrogen-bond acceptors (Lipinski definition) is 4. The standard InChI is InChI=1S/C28H35Cl2NO4/c1-3-4-7-17(2)25(32)11-10-21-22-13-18(12-19(22)14-26(21)33)8-5-6-9-27(34)31-20-15-23(29)28(35)24(30)16-20/h8,10-11,15-17,19,21-22,25-26,32-33,35H,5-7,9,12-14H2,1-2H3,(H,31,34)/b11-10+,18-8+. The molecule has 6 atom stereocenters. The maximum atomic E-state index is 12.2. The number of aliphatic hydroxyl groups excluding tert-OH is 2. The molecule has 4 N–H and O–H groups in total. The van der Waals surface area contributed by atoms with E-state index in [9.17, 15) is 20.1 Å². The van der Waals surface area contributed by atoms with Gasteiger partial charge in [-0.2, -0.15) is 0 Å². The van der Waals surface area contributed by atoms with Gasteiger partial charge in [0.2, 0.25) is 5.91 Å². The molecule has 2 saturated carbocycles. The van der Waals surface area contributed by atoms with Crippen LogP contribution in [-0.4, -0.2) is 33.4 Å². The Morgan fingerprint density at radius 2 is 2.00 bits per heavy atom. The van der Waals surface area contributed by atoms with Gasteiger partial charge < -0.3 is 20.6 Å². The van der Waals surface area contributed by atoms with Crippen LogP contribution < -0.4 is 5.32 Å². The van der Waals surface area contributed by atoms with Crippen molar-refractivity contribution in [2.75, 3.05) is 5.32 Å². The quantitative estimate of drug-likeness (QED) is 0.137. The molecule has 35 heavy (non-hydrogen) atoms. The van der Waals surface area contributed by atoms with Crippen LogP contribution in [0.15, 0.2) is 35.9 Å². The van der Waals surface area contributed by atoms with Gasteiger partial charge in [0.05, 0.1) is 22.3 Å². The lowest BCUT2D eigenvalue weighted by atomic mass is 9.89. The second-order valence-electron chi connectivity index (χ2n) is 9.79. The summed E-state index contributed by atoms with van der Waals surface area (Å²) in [6.45, 7) is 3.79. The number of allylic oxidation sites excluding steroid dienone is 2. The number of halogens is 2. The minimum Gasteiger partial charge on any atom is -0.505 e. The molecular weight excluding hydrogens is 485 g/mol. The van der Waals surface area contributed by atoms with E-state index in [1.807, 2.05) is 19.1 Å². The zero-order valence-corrected chi connectivity index (χ0v) is 21.8. The minimum atomic E-state index is -0.557. The SMILES string of the molecule is CC#CCC(C)C(O)/C=C/C1C(O)CC2C/C(=C\CCCC(=O)Nc3cc(Cl)c(O)c(Cl)c3)CC21. The summed E-state index contributed by atoms with van der Waals surface area (Å²) < 4.78 is 0. The third-order valence-electron chi connectivity index (χ3n) is 7.17. The second-order valence-corrected chi connectivity index (χ2v) is 10.6. The Bertz CT molecular complexity index is 1000. The van der Waals surface area contributed by atoms with E-state index in [2.05, 4.69) is 23.2 Å². The normalized spacial score (nSPS) is 26.4. The van der Waals surface area contributed by atoms with Crippen molar-refractivity contribution in [1.29, 1.82) is 0 Å². The van der Waals surface area contributed by atoms with Gasteiger partial charge in [-0.05, 0) is 68.9 Å². The molecule has 1 amide bonds. The van der Waals surface area contributed by atoms with Crippen LogP contribution >= 0.6 is 23.2 Å². The van der Waals surface area contributed by atoms with Gasteiger partial charge >= 0.3 is 0 Å². The first-order valence-corrected chi connectivity index (χ1v) is 13.0. The molecule has 0 bridgehead atoms. The molecule has 190 valence electrons. The molecule has 2 aliphatic rings. The van der Waals surface area contributed by atoms with Gasteiger partial charge in [0.1, 0.15) is 0 Å². The summed E-state index contributed by atoms with van der Waals surface area (Å²) in [6.07, 6.45) is 10.5. The van der Waals surface area contributed by atoms with Crippen molar-refractivity contribution in [2.45, 2.75) is 71.0 Å². The predicted molar refractivity (Wildman–Crippen MR) is 141 cm³/mol. The topological polar surface area (TPSA) is 89.8 Å². The average Bonchev–Trinajstić information content (AvgIpc) is 3.33. The van der Waals surface area contributed by atoms with E-state index >= 15 is 0 Å². The lowest BCUT2D eigenvalue weighted by molar-refractivity contribution is -0.116. The van der Waals surface area contributed by atoms with Gasteiger partial charge in [0, 0.05) is 24.4 Å². The van der Waals surface area contributed by atoms with Crippen molar-refractivity contribution in [3.8, 4) is 17.6 Å². The van der Waals surface area contributed by atoms with Crippen molar-refractivity contribution in [1.82, 2.24) is 0 Å². The van der Waals surface area contributed by atoms with Crippen molar-refractivity contribution in [2.24, 2.45) is 23.7 Å². The molecule has 0 aliphatic heterocycles. The third kappa shape index (κ3) is 7.51. The van der Waals surface area contributed by atoms with E-state index in [-0.39, 0.29) is 39.6 Å². The molecule has 0 heterocycles. The molecule has 0 radical (unpaired) electrons. The maximum Gasteiger partial charge on any atom is 0.224 e. The van der Waals surface area contributed by atoms with Crippen LogP contribution in [0, 0.1) is 35.5 Å². The van der Waals surface area contributed by atoms with Crippen molar-refractivity contribution >= 4 is 34.8 Å². The predicted octanol–water partition coefficient (Wildman–Crippen LogP) is 6.11. The molecule has 7 heteroatoms. The van der Waals surface area contributed by atoms with Crippen molar-refractivity contribution in [3.63, 3.8) is 0 Å². The number of nitrogens with one attached hydrogen (secondary N) is 1. The van der Waals surface area contributed by atoms with Crippen LogP contribution in [0.25, 0.3) is 0 Å². The molecule has 1 aromatic carbocycles. The van der Waals surface area contributed by atoms with Crippen LogP contribution in [0.1, 0.15) is 58.8 Å². The van der Waals surface area contributed by atoms with Gasteiger partial charge in [-0.1, -0.05) is 53.9 Å². The summed E-state index contributed by atoms with van der Waals surface area (Å²) in [5.74, 6) is 6.55. The first kappa shape index (κ1) is 27.6. The van der Waals surface area contributed by atoms with Crippen LogP contribution in [0.3, 0.4) is 0 Å². The minimum absolute atomic E-state index is 0.0623. The molecule has 2 fully saturated rings. The van der Waals surface area contributed by atoms with Gasteiger partial charge in [0.25, 0.3) is 0 Å². The fraction of sp³-hybridized carbons (Fsp3) is 0.536. The molecule has 5 nitrogen and oxygen atoms in total. The zero-order chi connectivity index (χ0) is 25.5. The molecule has 3 rings (SSSR count). The Labute approximate surface area is 218 Å². The summed E-state index contributed by atoms with van der Waals surface area (Å²) in [4.78, 5) is 12.2. The maximum absolute atomic E-state index is 12.2. The number of aliphatic hydroxyl groups is 2. The number of anilines is 1. The largest absolute Gasteiger partial charge is 0.505 e. The zero-order valence-electron chi connectivity index (χ0n) is 20.3. The number of benzene rings is 1. The third-order valence-corrected chi connectivity index (χ3v) is 7.74. The first-order chi connectivity index (χ1) is 16.7. The Morgan fingerprint density at radius 3 is 2.69 bits per heavy atom. The first-order valence-electron chi connectivity index (χ1n) is 12.3. The van der Waals surface area contributed by atoms with Crippen molar-refractivity contribution < 1.29 is 20.1 Å². The van der Waals surface area contributed by atoms with Crippen LogP contribution in [-0.2, 0) is 4.79 Å². The number of phenols is 1. The summed E-state index contributed by atoms with van der Waals surface area (Å²) in [5, 5.41) is 33.5. The van der Waals surface area contributed by atoms with E-state index in [1.54, 1.807) is 6.92 Å². The highest BCUT2D eigenvalue weighted by atomic mass is 35.5. The van der Waals surface area contributed by atoms with Crippen LogP contribution in [0.5, 0.6) is 5.75 Å². The molecule has 2 aliphatic carbocycles. The lowest BCUT2D eigenvalue weighted by Gasteiger charge is -2.19. The number of amides is 1. The average molecular weight is 520 g/mol. The second kappa shape index (κ2) is 12.8. The number of hydrogen-bond donors (Lipinski definition) is 4. The van der Waals surface area contributed by atoms with E-state index < -0.39 is 6.10 Å². The smallest absolute Gasteiger partial charge is 0.224 e. The lowest BCUT2D eigenvalue weighted by Crippen LogP contribution is -2.19. The fourth-order valence-electron chi connectivity index (χ4n) is 5.19. The van der Waals surface area contributed by atoms with Crippen molar-refractivity contribution in [3.05, 3.63) is 46.0 Å². The Hall–Kier alpha value is -1.97. The van der Waals surface area contributed by atoms with E-state index in [4.69, 9.17) is 23.2 Å². The molecule has 0 saturated heterocycles. The number of rotatable bonds is 9. The number of fused-ring (bicyclic) bond motifs is 1. The molecule has 0 spiro atoms. The number of carbonyl (C=O) groups excluding carboxylic acids is 1. The number of carbonyl (C=O) groups is 1. The van der Waals surface area contributed by atoms with Gasteiger partial charge in [-0.3, -0.25) is 4.79 Å². The summed E-state index contributed by atoms with van der Waals surface area (Å²) >= 11 is 11.8. The number of unbranched alkanes of at least 4 members (excludes halogenated alkanes) is 1. The van der Waals surface area contributed by atoms with E-state index in [0.717, 1.165) is 32.1 Å². The van der Waals surface area contributed by atoms with E-state index in [0.29, 0.717) is 30.4 Å². The molecular formula is C28H35Cl2NO4. The van der Waals surface area contributed by atoms with Crippen LogP contribution in [0.2, 0.25) is 10.0 Å². The van der Waals surface area contributed by atoms with E-state index in [1.165, 1.54) is 17.7 Å². The Morgan fingerprint density at radius 1 is 1.29 bits per heavy atom. The molecule has 6 unspecified atom stereocenters. The fourth-order valence-corrected chi connectivity index (χ4v) is 5.67. The highest BCUT2D eigenvalue weighted by Crippen LogP contribution is 2.50. The summed E-state index contributed by atoms with van der Waals surface area (Å²) in [6, 6.07) is 2.94. The van der Waals surface area contributed by atoms with Crippen LogP contribution in [0.4, 0.5) is 5.69 Å². The summed E-state index contributed by atoms with van der Waals surface area (Å²) in [5.41, 5.74) is 1.86. The molecule has 1 aromatic rings. The Balaban J connectivity index is 1.46. The van der Waals surface area contributed by atoms with Gasteiger partial charge in [0.15, 0.2) is 5.75 Å². The van der Waals surface area contributed by atoms with Gasteiger partial charge in [-0.25, -0.2) is 0 Å². The highest BCUT2D eigenvalue weighted by Gasteiger charge is 2.45. The highest BCUT2D eigenvalue weighted by molar-refractivity contribution is 6.37. The number of phenolic OH excluding ortho intramolecular Hbond substituents is 1. The van der Waals surface area contributed by atoms with Gasteiger partial charge in [-0.15, -0.1) is 11.8 Å². The summed E-state index contributed by atoms with van der Waals surface area (Å²) in [7, 11) is 0. The number of aromatic hydroxyl groups is 1.